The third-order valence-corrected chi connectivity index (χ3v) is 4.34. The summed E-state index contributed by atoms with van der Waals surface area (Å²) in [6.07, 6.45) is 1.68. The minimum absolute atomic E-state index is 0.0252. The van der Waals surface area contributed by atoms with Gasteiger partial charge in [0, 0.05) is 0 Å². The van der Waals surface area contributed by atoms with E-state index in [-0.39, 0.29) is 27.6 Å². The fourth-order valence-corrected chi connectivity index (χ4v) is 2.99. The van der Waals surface area contributed by atoms with E-state index in [1.165, 1.54) is 7.11 Å². The van der Waals surface area contributed by atoms with Crippen LogP contribution in [-0.4, -0.2) is 19.0 Å². The second-order valence-corrected chi connectivity index (χ2v) is 6.82. The topological polar surface area (TPSA) is 55.4 Å². The van der Waals surface area contributed by atoms with Crippen molar-refractivity contribution < 1.29 is 14.3 Å². The quantitative estimate of drug-likeness (QED) is 0.842. The third kappa shape index (κ3) is 3.28. The van der Waals surface area contributed by atoms with Gasteiger partial charge in [-0.15, -0.1) is 0 Å². The summed E-state index contributed by atoms with van der Waals surface area (Å²) in [4.78, 5) is 24.2. The summed E-state index contributed by atoms with van der Waals surface area (Å²) in [7, 11) is 1.30. The van der Waals surface area contributed by atoms with Crippen LogP contribution in [0.1, 0.15) is 24.2 Å². The first-order chi connectivity index (χ1) is 10.3. The molecule has 22 heavy (non-hydrogen) atoms. The van der Waals surface area contributed by atoms with Crippen LogP contribution in [0.5, 0.6) is 0 Å². The number of esters is 1. The summed E-state index contributed by atoms with van der Waals surface area (Å²) in [5.74, 6) is -0.933. The normalized spacial score (nSPS) is 21.7. The van der Waals surface area contributed by atoms with Crippen LogP contribution in [0, 0.1) is 17.3 Å². The molecule has 6 heteroatoms. The Balaban J connectivity index is 2.18. The van der Waals surface area contributed by atoms with Crippen LogP contribution in [0.25, 0.3) is 0 Å². The van der Waals surface area contributed by atoms with Crippen LogP contribution < -0.4 is 5.32 Å². The van der Waals surface area contributed by atoms with Crippen molar-refractivity contribution in [1.82, 2.24) is 0 Å². The van der Waals surface area contributed by atoms with Gasteiger partial charge in [-0.25, -0.2) is 4.79 Å². The number of anilines is 1. The van der Waals surface area contributed by atoms with Gasteiger partial charge in [0.15, 0.2) is 0 Å². The molecule has 0 saturated heterocycles. The Labute approximate surface area is 139 Å². The third-order valence-electron chi connectivity index (χ3n) is 4.09. The van der Waals surface area contributed by atoms with E-state index in [2.05, 4.69) is 5.32 Å². The van der Waals surface area contributed by atoms with E-state index in [1.54, 1.807) is 30.3 Å². The van der Waals surface area contributed by atoms with Crippen molar-refractivity contribution >= 4 is 40.8 Å². The van der Waals surface area contributed by atoms with Gasteiger partial charge in [-0.1, -0.05) is 49.2 Å². The highest BCUT2D eigenvalue weighted by Crippen LogP contribution is 2.60. The molecule has 2 rings (SSSR count). The summed E-state index contributed by atoms with van der Waals surface area (Å²) < 4.78 is 4.87. The lowest BCUT2D eigenvalue weighted by atomic mass is 10.1. The lowest BCUT2D eigenvalue weighted by molar-refractivity contribution is -0.118. The highest BCUT2D eigenvalue weighted by Gasteiger charge is 2.60. The number of benzene rings is 1. The van der Waals surface area contributed by atoms with Crippen molar-refractivity contribution in [3.05, 3.63) is 40.4 Å². The number of carbonyl (C=O) groups excluding carboxylic acids is 2. The van der Waals surface area contributed by atoms with E-state index in [0.29, 0.717) is 11.3 Å². The van der Waals surface area contributed by atoms with Crippen molar-refractivity contribution in [3.8, 4) is 0 Å². The number of hydrogen-bond acceptors (Lipinski definition) is 3. The Morgan fingerprint density at radius 2 is 1.91 bits per heavy atom. The van der Waals surface area contributed by atoms with Crippen molar-refractivity contribution in [2.45, 2.75) is 13.8 Å². The minimum Gasteiger partial charge on any atom is -0.465 e. The summed E-state index contributed by atoms with van der Waals surface area (Å²) in [6, 6.07) is 6.72. The molecule has 0 aliphatic heterocycles. The molecule has 0 radical (unpaired) electrons. The van der Waals surface area contributed by atoms with Gasteiger partial charge in [0.25, 0.3) is 0 Å². The Bertz CT molecular complexity index is 636. The molecule has 118 valence electrons. The Morgan fingerprint density at radius 3 is 2.50 bits per heavy atom. The van der Waals surface area contributed by atoms with Crippen LogP contribution >= 0.6 is 23.2 Å². The fourth-order valence-electron chi connectivity index (χ4n) is 2.72. The second-order valence-electron chi connectivity index (χ2n) is 5.81. The van der Waals surface area contributed by atoms with Gasteiger partial charge in [0.1, 0.15) is 4.49 Å². The molecule has 0 spiro atoms. The van der Waals surface area contributed by atoms with Crippen LogP contribution in [0.2, 0.25) is 0 Å². The maximum absolute atomic E-state index is 12.5. The van der Waals surface area contributed by atoms with Gasteiger partial charge < -0.3 is 10.1 Å². The molecule has 1 aliphatic carbocycles. The molecule has 1 aromatic carbocycles. The molecule has 4 nitrogen and oxygen atoms in total. The molecule has 0 bridgehead atoms. The number of rotatable bonds is 4. The van der Waals surface area contributed by atoms with Crippen molar-refractivity contribution in [2.24, 2.45) is 17.3 Å². The predicted octanol–water partition coefficient (Wildman–Crippen LogP) is 4.00. The Morgan fingerprint density at radius 1 is 1.27 bits per heavy atom. The number of ether oxygens (including phenoxy) is 1. The van der Waals surface area contributed by atoms with Gasteiger partial charge in [-0.05, 0) is 29.5 Å². The zero-order valence-corrected chi connectivity index (χ0v) is 14.0. The van der Waals surface area contributed by atoms with E-state index in [1.807, 2.05) is 13.8 Å². The largest absolute Gasteiger partial charge is 0.465 e. The first kappa shape index (κ1) is 16.8. The number of halogens is 2. The van der Waals surface area contributed by atoms with E-state index in [9.17, 15) is 9.59 Å². The summed E-state index contributed by atoms with van der Waals surface area (Å²) in [5, 5.41) is 2.79. The molecule has 0 unspecified atom stereocenters. The van der Waals surface area contributed by atoms with Crippen LogP contribution in [0.15, 0.2) is 34.8 Å². The number of methoxy groups -OCH3 is 1. The molecule has 0 heterocycles. The number of amides is 1. The summed E-state index contributed by atoms with van der Waals surface area (Å²) in [5.41, 5.74) is 0.528. The number of carbonyl (C=O) groups is 2. The first-order valence-corrected chi connectivity index (χ1v) is 7.55. The number of hydrogen-bond donors (Lipinski definition) is 1. The van der Waals surface area contributed by atoms with Crippen LogP contribution in [-0.2, 0) is 9.53 Å². The lowest BCUT2D eigenvalue weighted by Gasteiger charge is -2.10. The first-order valence-electron chi connectivity index (χ1n) is 6.80. The van der Waals surface area contributed by atoms with Crippen molar-refractivity contribution in [1.29, 1.82) is 0 Å². The molecule has 1 N–H and O–H groups in total. The maximum Gasteiger partial charge on any atom is 0.339 e. The van der Waals surface area contributed by atoms with Gasteiger partial charge in [-0.2, -0.15) is 0 Å². The predicted molar refractivity (Wildman–Crippen MR) is 87.0 cm³/mol. The molecule has 1 fully saturated rings. The molecular weight excluding hydrogens is 325 g/mol. The Hall–Kier alpha value is -1.52. The highest BCUT2D eigenvalue weighted by atomic mass is 35.5. The van der Waals surface area contributed by atoms with E-state index in [0.717, 1.165) is 0 Å². The minimum atomic E-state index is -0.494. The zero-order valence-electron chi connectivity index (χ0n) is 12.5. The fraction of sp³-hybridized carbons (Fsp3) is 0.375. The van der Waals surface area contributed by atoms with Gasteiger partial charge in [-0.3, -0.25) is 4.79 Å². The Kier molecular flexibility index (Phi) is 4.83. The van der Waals surface area contributed by atoms with Gasteiger partial charge in [0.2, 0.25) is 5.91 Å². The summed E-state index contributed by atoms with van der Waals surface area (Å²) in [6.45, 7) is 3.95. The monoisotopic (exact) mass is 341 g/mol. The maximum atomic E-state index is 12.5. The molecular formula is C16H17Cl2NO3. The molecule has 1 amide bonds. The zero-order chi connectivity index (χ0) is 16.5. The highest BCUT2D eigenvalue weighted by molar-refractivity contribution is 6.55. The lowest BCUT2D eigenvalue weighted by Crippen LogP contribution is -2.19. The number of allylic oxidation sites excluding steroid dienone is 1. The number of nitrogens with one attached hydrogen (secondary N) is 1. The molecule has 1 aliphatic rings. The average Bonchev–Trinajstić information content (AvgIpc) is 2.98. The molecule has 1 aromatic rings. The van der Waals surface area contributed by atoms with Crippen molar-refractivity contribution in [3.63, 3.8) is 0 Å². The average molecular weight is 342 g/mol. The van der Waals surface area contributed by atoms with Crippen LogP contribution in [0.4, 0.5) is 5.69 Å². The standard InChI is InChI=1S/C16H17Cl2NO3/c1-16(2)10(8-12(17)18)13(16)14(20)19-11-7-5-4-6-9(11)15(21)22-3/h4-8,10,13H,1-3H3,(H,19,20)/t10-,13+/m1/s1. The second kappa shape index (κ2) is 6.31. The number of para-hydroxylation sites is 1. The van der Waals surface area contributed by atoms with E-state index >= 15 is 0 Å². The van der Waals surface area contributed by atoms with Crippen molar-refractivity contribution in [2.75, 3.05) is 12.4 Å². The van der Waals surface area contributed by atoms with E-state index < -0.39 is 5.97 Å². The SMILES string of the molecule is COC(=O)c1ccccc1NC(=O)[C@@H]1[C@@H](C=C(Cl)Cl)C1(C)C. The van der Waals surface area contributed by atoms with E-state index in [4.69, 9.17) is 27.9 Å². The smallest absolute Gasteiger partial charge is 0.339 e. The molecule has 2 atom stereocenters. The molecule has 1 saturated carbocycles. The summed E-state index contributed by atoms with van der Waals surface area (Å²) >= 11 is 11.4. The molecule has 0 aromatic heterocycles. The van der Waals surface area contributed by atoms with Gasteiger partial charge in [0.05, 0.1) is 24.3 Å². The van der Waals surface area contributed by atoms with Crippen LogP contribution in [0.3, 0.4) is 0 Å². The van der Waals surface area contributed by atoms with Gasteiger partial charge >= 0.3 is 5.97 Å².